The summed E-state index contributed by atoms with van der Waals surface area (Å²) in [6, 6.07) is 7.30. The van der Waals surface area contributed by atoms with E-state index in [4.69, 9.17) is 26.8 Å². The number of nitrogens with two attached hydrogens (primary N) is 1. The molecule has 0 amide bonds. The summed E-state index contributed by atoms with van der Waals surface area (Å²) in [5, 5.41) is 0.702. The Morgan fingerprint density at radius 3 is 2.44 bits per heavy atom. The topological polar surface area (TPSA) is 44.5 Å². The van der Waals surface area contributed by atoms with E-state index in [1.807, 2.05) is 12.1 Å². The van der Waals surface area contributed by atoms with Crippen molar-refractivity contribution in [1.29, 1.82) is 0 Å². The number of hydrogen-bond donors (Lipinski definition) is 1. The van der Waals surface area contributed by atoms with Crippen LogP contribution in [0.3, 0.4) is 0 Å². The number of benzene rings is 1. The van der Waals surface area contributed by atoms with Gasteiger partial charge in [0.25, 0.3) is 0 Å². The summed E-state index contributed by atoms with van der Waals surface area (Å²) in [6.07, 6.45) is 1.78. The number of halogens is 1. The van der Waals surface area contributed by atoms with Crippen LogP contribution in [0.5, 0.6) is 5.75 Å². The maximum Gasteiger partial charge on any atom is 0.119 e. The Hall–Kier alpha value is -0.770. The molecule has 1 rings (SSSR count). The number of hydrogen-bond acceptors (Lipinski definition) is 3. The van der Waals surface area contributed by atoms with Gasteiger partial charge in [-0.3, -0.25) is 0 Å². The summed E-state index contributed by atoms with van der Waals surface area (Å²) >= 11 is 5.80. The molecule has 18 heavy (non-hydrogen) atoms. The average molecular weight is 272 g/mol. The molecule has 1 aromatic rings. The first-order chi connectivity index (χ1) is 8.43. The summed E-state index contributed by atoms with van der Waals surface area (Å²) in [6.45, 7) is 4.61. The maximum atomic E-state index is 6.01. The molecule has 4 heteroatoms. The van der Waals surface area contributed by atoms with Crippen molar-refractivity contribution >= 4 is 11.6 Å². The van der Waals surface area contributed by atoms with Gasteiger partial charge in [-0.15, -0.1) is 0 Å². The van der Waals surface area contributed by atoms with Crippen LogP contribution in [0.2, 0.25) is 5.02 Å². The van der Waals surface area contributed by atoms with Crippen molar-refractivity contribution in [3.8, 4) is 5.75 Å². The van der Waals surface area contributed by atoms with Crippen LogP contribution < -0.4 is 10.5 Å². The second kappa shape index (κ2) is 6.98. The molecular weight excluding hydrogens is 250 g/mol. The molecule has 0 spiro atoms. The van der Waals surface area contributed by atoms with Crippen LogP contribution in [-0.2, 0) is 4.74 Å². The predicted molar refractivity (Wildman–Crippen MR) is 75.2 cm³/mol. The SMILES string of the molecule is COC(C)(C)CCC(N)COc1ccc(Cl)cc1. The van der Waals surface area contributed by atoms with E-state index < -0.39 is 0 Å². The summed E-state index contributed by atoms with van der Waals surface area (Å²) in [7, 11) is 1.72. The van der Waals surface area contributed by atoms with Gasteiger partial charge in [-0.25, -0.2) is 0 Å². The van der Waals surface area contributed by atoms with Crippen LogP contribution >= 0.6 is 11.6 Å². The van der Waals surface area contributed by atoms with Gasteiger partial charge in [0, 0.05) is 18.2 Å². The van der Waals surface area contributed by atoms with E-state index in [-0.39, 0.29) is 11.6 Å². The molecule has 0 bridgehead atoms. The highest BCUT2D eigenvalue weighted by Crippen LogP contribution is 2.18. The fourth-order valence-electron chi connectivity index (χ4n) is 1.45. The normalized spacial score (nSPS) is 13.4. The minimum absolute atomic E-state index is 0.00935. The first-order valence-electron chi connectivity index (χ1n) is 6.12. The van der Waals surface area contributed by atoms with Crippen molar-refractivity contribution in [3.63, 3.8) is 0 Å². The third kappa shape index (κ3) is 5.71. The van der Waals surface area contributed by atoms with Gasteiger partial charge in [-0.1, -0.05) is 11.6 Å². The third-order valence-electron chi connectivity index (χ3n) is 2.95. The zero-order valence-electron chi connectivity index (χ0n) is 11.3. The number of rotatable bonds is 7. The van der Waals surface area contributed by atoms with Crippen LogP contribution in [0, 0.1) is 0 Å². The van der Waals surface area contributed by atoms with Crippen molar-refractivity contribution in [3.05, 3.63) is 29.3 Å². The van der Waals surface area contributed by atoms with Crippen molar-refractivity contribution in [2.75, 3.05) is 13.7 Å². The number of methoxy groups -OCH3 is 1. The van der Waals surface area contributed by atoms with Gasteiger partial charge in [0.05, 0.1) is 5.60 Å². The quantitative estimate of drug-likeness (QED) is 0.828. The van der Waals surface area contributed by atoms with Gasteiger partial charge >= 0.3 is 0 Å². The Morgan fingerprint density at radius 1 is 1.28 bits per heavy atom. The molecule has 0 saturated heterocycles. The minimum atomic E-state index is -0.127. The van der Waals surface area contributed by atoms with Crippen LogP contribution in [0.1, 0.15) is 26.7 Å². The molecule has 0 radical (unpaired) electrons. The van der Waals surface area contributed by atoms with Gasteiger partial charge in [0.2, 0.25) is 0 Å². The van der Waals surface area contributed by atoms with Gasteiger partial charge in [0.1, 0.15) is 12.4 Å². The van der Waals surface area contributed by atoms with Gasteiger partial charge in [-0.2, -0.15) is 0 Å². The largest absolute Gasteiger partial charge is 0.492 e. The molecule has 0 saturated carbocycles. The Balaban J connectivity index is 2.29. The molecule has 0 aliphatic carbocycles. The fourth-order valence-corrected chi connectivity index (χ4v) is 1.58. The zero-order valence-corrected chi connectivity index (χ0v) is 12.0. The van der Waals surface area contributed by atoms with E-state index >= 15 is 0 Å². The lowest BCUT2D eigenvalue weighted by Crippen LogP contribution is -2.32. The van der Waals surface area contributed by atoms with E-state index in [1.165, 1.54) is 0 Å². The minimum Gasteiger partial charge on any atom is -0.492 e. The third-order valence-corrected chi connectivity index (χ3v) is 3.20. The molecule has 0 aromatic heterocycles. The highest BCUT2D eigenvalue weighted by Gasteiger charge is 2.17. The molecule has 1 unspecified atom stereocenters. The monoisotopic (exact) mass is 271 g/mol. The standard InChI is InChI=1S/C14H22ClNO2/c1-14(2,17-3)9-8-12(16)10-18-13-6-4-11(15)5-7-13/h4-7,12H,8-10,16H2,1-3H3. The molecule has 102 valence electrons. The van der Waals surface area contributed by atoms with E-state index in [9.17, 15) is 0 Å². The maximum absolute atomic E-state index is 6.01. The summed E-state index contributed by atoms with van der Waals surface area (Å²) in [5.41, 5.74) is 5.88. The second-order valence-corrected chi connectivity index (χ2v) is 5.46. The van der Waals surface area contributed by atoms with E-state index in [1.54, 1.807) is 19.2 Å². The second-order valence-electron chi connectivity index (χ2n) is 5.03. The van der Waals surface area contributed by atoms with Crippen molar-refractivity contribution in [1.82, 2.24) is 0 Å². The lowest BCUT2D eigenvalue weighted by Gasteiger charge is -2.24. The van der Waals surface area contributed by atoms with Gasteiger partial charge in [-0.05, 0) is 51.0 Å². The number of ether oxygens (including phenoxy) is 2. The van der Waals surface area contributed by atoms with Crippen molar-refractivity contribution in [2.24, 2.45) is 5.73 Å². The Labute approximate surface area is 114 Å². The average Bonchev–Trinajstić information content (AvgIpc) is 2.36. The van der Waals surface area contributed by atoms with E-state index in [0.29, 0.717) is 11.6 Å². The predicted octanol–water partition coefficient (Wildman–Crippen LogP) is 3.25. The molecule has 0 aliphatic heterocycles. The molecule has 3 nitrogen and oxygen atoms in total. The first-order valence-corrected chi connectivity index (χ1v) is 6.50. The Kier molecular flexibility index (Phi) is 5.93. The molecule has 0 fully saturated rings. The van der Waals surface area contributed by atoms with Crippen molar-refractivity contribution < 1.29 is 9.47 Å². The van der Waals surface area contributed by atoms with E-state index in [0.717, 1.165) is 18.6 Å². The Morgan fingerprint density at radius 2 is 1.89 bits per heavy atom. The molecule has 0 aliphatic rings. The van der Waals surface area contributed by atoms with Crippen LogP contribution in [-0.4, -0.2) is 25.4 Å². The lowest BCUT2D eigenvalue weighted by atomic mass is 9.99. The summed E-state index contributed by atoms with van der Waals surface area (Å²) in [4.78, 5) is 0. The van der Waals surface area contributed by atoms with Crippen LogP contribution in [0.4, 0.5) is 0 Å². The molecule has 1 atom stereocenters. The van der Waals surface area contributed by atoms with Gasteiger partial charge in [0.15, 0.2) is 0 Å². The van der Waals surface area contributed by atoms with Crippen LogP contribution in [0.15, 0.2) is 24.3 Å². The van der Waals surface area contributed by atoms with Crippen LogP contribution in [0.25, 0.3) is 0 Å². The fraction of sp³-hybridized carbons (Fsp3) is 0.571. The summed E-state index contributed by atoms with van der Waals surface area (Å²) < 4.78 is 11.0. The zero-order chi connectivity index (χ0) is 13.6. The highest BCUT2D eigenvalue weighted by atomic mass is 35.5. The Bertz CT molecular complexity index is 351. The smallest absolute Gasteiger partial charge is 0.119 e. The van der Waals surface area contributed by atoms with Crippen molar-refractivity contribution in [2.45, 2.75) is 38.3 Å². The molecule has 1 aromatic carbocycles. The summed E-state index contributed by atoms with van der Waals surface area (Å²) in [5.74, 6) is 0.792. The van der Waals surface area contributed by atoms with Gasteiger partial charge < -0.3 is 15.2 Å². The molecular formula is C14H22ClNO2. The van der Waals surface area contributed by atoms with E-state index in [2.05, 4.69) is 13.8 Å². The first kappa shape index (κ1) is 15.3. The molecule has 0 heterocycles. The molecule has 2 N–H and O–H groups in total. The highest BCUT2D eigenvalue weighted by molar-refractivity contribution is 6.30. The lowest BCUT2D eigenvalue weighted by molar-refractivity contribution is 0.0116.